The van der Waals surface area contributed by atoms with Crippen LogP contribution >= 0.6 is 0 Å². The number of hydrogen-bond donors (Lipinski definition) is 4. The van der Waals surface area contributed by atoms with Crippen LogP contribution in [0.2, 0.25) is 0 Å². The molecule has 0 unspecified atom stereocenters. The number of fused-ring (bicyclic) bond motifs is 2. The van der Waals surface area contributed by atoms with Gasteiger partial charge in [-0.05, 0) is 55.2 Å². The summed E-state index contributed by atoms with van der Waals surface area (Å²) in [6, 6.07) is 13.4. The van der Waals surface area contributed by atoms with Gasteiger partial charge < -0.3 is 34.7 Å². The van der Waals surface area contributed by atoms with Gasteiger partial charge in [0.2, 0.25) is 5.79 Å². The van der Waals surface area contributed by atoms with Crippen molar-refractivity contribution >= 4 is 6.21 Å². The second kappa shape index (κ2) is 8.22. The first-order valence-corrected chi connectivity index (χ1v) is 10.2. The molecule has 0 radical (unpaired) electrons. The van der Waals surface area contributed by atoms with Crippen LogP contribution in [0.3, 0.4) is 0 Å². The number of nitrogens with zero attached hydrogens (tertiary/aromatic N) is 1. The molecular formula is C23H27NO7. The molecule has 2 aromatic carbocycles. The first-order valence-electron chi connectivity index (χ1n) is 10.2. The average molecular weight is 429 g/mol. The standard InChI is InChI=1S/C23H27NO7/c1-3-29-18-8-5-15(6-9-18)10-16-11-17(7-4-14(16)2)23-21(27)19(25)20(26)22(31-23,12-24-28)13-30-23/h4-9,11-12,19-21,25-28H,3,10,13H2,1-2H3/b24-12+/t19-,20-,21+,22-,23-/m0/s1. The molecule has 2 aliphatic heterocycles. The normalized spacial score (nSPS) is 32.5. The summed E-state index contributed by atoms with van der Waals surface area (Å²) in [5.74, 6) is -0.885. The van der Waals surface area contributed by atoms with E-state index in [-0.39, 0.29) is 6.61 Å². The van der Waals surface area contributed by atoms with Crippen LogP contribution in [-0.2, 0) is 21.7 Å². The van der Waals surface area contributed by atoms with Gasteiger partial charge in [-0.1, -0.05) is 29.4 Å². The molecule has 2 aliphatic rings. The van der Waals surface area contributed by atoms with Gasteiger partial charge in [-0.3, -0.25) is 0 Å². The minimum atomic E-state index is -1.69. The third-order valence-corrected chi connectivity index (χ3v) is 6.05. The van der Waals surface area contributed by atoms with Crippen LogP contribution in [0.15, 0.2) is 47.6 Å². The average Bonchev–Trinajstić information content (AvgIpc) is 3.14. The van der Waals surface area contributed by atoms with Crippen LogP contribution < -0.4 is 4.74 Å². The summed E-state index contributed by atoms with van der Waals surface area (Å²) in [5.41, 5.74) is 2.06. The summed E-state index contributed by atoms with van der Waals surface area (Å²) in [5, 5.41) is 43.6. The Hall–Kier alpha value is -2.49. The molecule has 0 amide bonds. The van der Waals surface area contributed by atoms with Gasteiger partial charge in [0.05, 0.1) is 19.4 Å². The fraction of sp³-hybridized carbons (Fsp3) is 0.435. The Morgan fingerprint density at radius 1 is 1.13 bits per heavy atom. The quantitative estimate of drug-likeness (QED) is 0.312. The van der Waals surface area contributed by atoms with E-state index in [0.717, 1.165) is 28.7 Å². The highest BCUT2D eigenvalue weighted by Gasteiger charge is 2.67. The van der Waals surface area contributed by atoms with Crippen molar-refractivity contribution in [3.05, 3.63) is 64.7 Å². The van der Waals surface area contributed by atoms with E-state index >= 15 is 0 Å². The van der Waals surface area contributed by atoms with E-state index < -0.39 is 29.7 Å². The molecule has 4 rings (SSSR count). The predicted octanol–water partition coefficient (Wildman–Crippen LogP) is 1.48. The number of aryl methyl sites for hydroxylation is 1. The van der Waals surface area contributed by atoms with E-state index in [2.05, 4.69) is 5.16 Å². The summed E-state index contributed by atoms with van der Waals surface area (Å²) in [4.78, 5) is 0. The highest BCUT2D eigenvalue weighted by Crippen LogP contribution is 2.49. The van der Waals surface area contributed by atoms with Gasteiger partial charge in [0.15, 0.2) is 5.60 Å². The lowest BCUT2D eigenvalue weighted by atomic mass is 9.83. The molecule has 2 saturated heterocycles. The van der Waals surface area contributed by atoms with Gasteiger partial charge in [0.25, 0.3) is 0 Å². The Balaban J connectivity index is 1.67. The molecule has 5 atom stereocenters. The fourth-order valence-corrected chi connectivity index (χ4v) is 4.26. The molecule has 0 aliphatic carbocycles. The Kier molecular flexibility index (Phi) is 5.76. The van der Waals surface area contributed by atoms with E-state index in [0.29, 0.717) is 18.6 Å². The summed E-state index contributed by atoms with van der Waals surface area (Å²) in [6.45, 7) is 4.34. The molecule has 8 heteroatoms. The number of benzene rings is 2. The van der Waals surface area contributed by atoms with Crippen molar-refractivity contribution in [2.45, 2.75) is 50.0 Å². The molecule has 31 heavy (non-hydrogen) atoms. The number of aliphatic hydroxyl groups is 3. The number of rotatable bonds is 6. The zero-order valence-electron chi connectivity index (χ0n) is 17.4. The molecule has 2 bridgehead atoms. The summed E-state index contributed by atoms with van der Waals surface area (Å²) in [6.07, 6.45) is -2.98. The first kappa shape index (κ1) is 21.7. The van der Waals surface area contributed by atoms with Crippen molar-refractivity contribution in [1.82, 2.24) is 0 Å². The van der Waals surface area contributed by atoms with Gasteiger partial charge in [0.1, 0.15) is 24.1 Å². The maximum Gasteiger partial charge on any atom is 0.225 e. The number of aliphatic hydroxyl groups excluding tert-OH is 3. The van der Waals surface area contributed by atoms with Gasteiger partial charge in [-0.15, -0.1) is 0 Å². The predicted molar refractivity (Wildman–Crippen MR) is 111 cm³/mol. The van der Waals surface area contributed by atoms with E-state index in [1.807, 2.05) is 50.2 Å². The number of ether oxygens (including phenoxy) is 3. The summed E-state index contributed by atoms with van der Waals surface area (Å²) >= 11 is 0. The molecule has 2 heterocycles. The van der Waals surface area contributed by atoms with E-state index in [9.17, 15) is 15.3 Å². The van der Waals surface area contributed by atoms with Crippen LogP contribution in [-0.4, -0.2) is 63.9 Å². The maximum absolute atomic E-state index is 10.8. The highest BCUT2D eigenvalue weighted by atomic mass is 16.8. The largest absolute Gasteiger partial charge is 0.494 e. The molecule has 8 nitrogen and oxygen atoms in total. The number of hydrogen-bond acceptors (Lipinski definition) is 8. The Morgan fingerprint density at radius 2 is 1.87 bits per heavy atom. The zero-order chi connectivity index (χ0) is 22.2. The van der Waals surface area contributed by atoms with Crippen molar-refractivity contribution in [3.63, 3.8) is 0 Å². The second-order valence-electron chi connectivity index (χ2n) is 8.03. The Bertz CT molecular complexity index is 963. The third-order valence-electron chi connectivity index (χ3n) is 6.05. The van der Waals surface area contributed by atoms with Crippen molar-refractivity contribution in [3.8, 4) is 5.75 Å². The van der Waals surface area contributed by atoms with Crippen molar-refractivity contribution < 1.29 is 34.7 Å². The van der Waals surface area contributed by atoms with Gasteiger partial charge >= 0.3 is 0 Å². The Morgan fingerprint density at radius 3 is 2.55 bits per heavy atom. The minimum Gasteiger partial charge on any atom is -0.494 e. The molecule has 0 spiro atoms. The van der Waals surface area contributed by atoms with Crippen molar-refractivity contribution in [1.29, 1.82) is 0 Å². The molecule has 2 fully saturated rings. The zero-order valence-corrected chi connectivity index (χ0v) is 17.4. The topological polar surface area (TPSA) is 121 Å². The smallest absolute Gasteiger partial charge is 0.225 e. The van der Waals surface area contributed by atoms with Gasteiger partial charge in [0, 0.05) is 5.56 Å². The van der Waals surface area contributed by atoms with E-state index in [4.69, 9.17) is 19.4 Å². The van der Waals surface area contributed by atoms with Gasteiger partial charge in [-0.2, -0.15) is 0 Å². The molecule has 0 aromatic heterocycles. The first-order chi connectivity index (χ1) is 14.8. The van der Waals surface area contributed by atoms with Crippen molar-refractivity contribution in [2.24, 2.45) is 5.16 Å². The van der Waals surface area contributed by atoms with Crippen LogP contribution in [0, 0.1) is 6.92 Å². The second-order valence-corrected chi connectivity index (χ2v) is 8.03. The Labute approximate surface area is 180 Å². The fourth-order valence-electron chi connectivity index (χ4n) is 4.26. The maximum atomic E-state index is 10.8. The molecule has 166 valence electrons. The van der Waals surface area contributed by atoms with Crippen LogP contribution in [0.5, 0.6) is 5.75 Å². The third kappa shape index (κ3) is 3.60. The lowest BCUT2D eigenvalue weighted by Crippen LogP contribution is -2.65. The molecule has 4 N–H and O–H groups in total. The van der Waals surface area contributed by atoms with Crippen LogP contribution in [0.25, 0.3) is 0 Å². The molecular weight excluding hydrogens is 402 g/mol. The summed E-state index contributed by atoms with van der Waals surface area (Å²) in [7, 11) is 0. The highest BCUT2D eigenvalue weighted by molar-refractivity contribution is 5.71. The van der Waals surface area contributed by atoms with E-state index in [1.54, 1.807) is 6.07 Å². The van der Waals surface area contributed by atoms with Crippen molar-refractivity contribution in [2.75, 3.05) is 13.2 Å². The lowest BCUT2D eigenvalue weighted by Gasteiger charge is -2.45. The summed E-state index contributed by atoms with van der Waals surface area (Å²) < 4.78 is 17.3. The lowest BCUT2D eigenvalue weighted by molar-refractivity contribution is -0.312. The SMILES string of the molecule is CCOc1ccc(Cc2cc([C@]34OC[C@](/C=N/O)(O3)[C@@H](O)[C@H](O)[C@H]4O)ccc2C)cc1. The van der Waals surface area contributed by atoms with Crippen LogP contribution in [0.1, 0.15) is 29.2 Å². The minimum absolute atomic E-state index is 0.186. The monoisotopic (exact) mass is 429 g/mol. The number of oxime groups is 1. The molecule has 2 aromatic rings. The van der Waals surface area contributed by atoms with E-state index in [1.165, 1.54) is 0 Å². The molecule has 0 saturated carbocycles. The van der Waals surface area contributed by atoms with Crippen LogP contribution in [0.4, 0.5) is 0 Å². The van der Waals surface area contributed by atoms with Gasteiger partial charge in [-0.25, -0.2) is 0 Å².